The number of carbonyl (C=O) groups is 1. The molecule has 1 aromatic carbocycles. The molecule has 0 saturated carbocycles. The van der Waals surface area contributed by atoms with Crippen molar-refractivity contribution >= 4 is 17.7 Å². The zero-order valence-electron chi connectivity index (χ0n) is 13.5. The minimum Gasteiger partial charge on any atom is -0.486 e. The molecular weight excluding hydrogens is 312 g/mol. The summed E-state index contributed by atoms with van der Waals surface area (Å²) in [6.07, 6.45) is 1.65. The third-order valence-corrected chi connectivity index (χ3v) is 5.28. The molecule has 2 unspecified atom stereocenters. The lowest BCUT2D eigenvalue weighted by molar-refractivity contribution is -0.121. The van der Waals surface area contributed by atoms with E-state index in [4.69, 9.17) is 9.47 Å². The van der Waals surface area contributed by atoms with Crippen molar-refractivity contribution in [2.75, 3.05) is 32.1 Å². The van der Waals surface area contributed by atoms with Gasteiger partial charge < -0.3 is 20.1 Å². The van der Waals surface area contributed by atoms with Gasteiger partial charge in [-0.25, -0.2) is 0 Å². The van der Waals surface area contributed by atoms with Crippen molar-refractivity contribution in [3.8, 4) is 11.5 Å². The Morgan fingerprint density at radius 3 is 3.00 bits per heavy atom. The van der Waals surface area contributed by atoms with Gasteiger partial charge in [0.2, 0.25) is 5.91 Å². The normalized spacial score (nSPS) is 23.3. The second-order valence-electron chi connectivity index (χ2n) is 6.05. The van der Waals surface area contributed by atoms with Crippen LogP contribution in [0.1, 0.15) is 19.8 Å². The maximum Gasteiger partial charge on any atom is 0.221 e. The number of amides is 1. The molecule has 2 aliphatic rings. The number of thioether (sulfide) groups is 1. The summed E-state index contributed by atoms with van der Waals surface area (Å²) in [5.74, 6) is 3.05. The predicted molar refractivity (Wildman–Crippen MR) is 91.4 cm³/mol. The first-order chi connectivity index (χ1) is 11.2. The van der Waals surface area contributed by atoms with Gasteiger partial charge in [0, 0.05) is 29.7 Å². The molecule has 5 nitrogen and oxygen atoms in total. The SMILES string of the molecule is CC1CCNCC1NC(=O)CCSc1ccc2c(c1)OCCO2. The Balaban J connectivity index is 1.43. The number of carbonyl (C=O) groups excluding carboxylic acids is 1. The van der Waals surface area contributed by atoms with Crippen molar-refractivity contribution in [2.45, 2.75) is 30.7 Å². The molecule has 0 radical (unpaired) electrons. The molecule has 23 heavy (non-hydrogen) atoms. The summed E-state index contributed by atoms with van der Waals surface area (Å²) in [6, 6.07) is 6.20. The van der Waals surface area contributed by atoms with Crippen LogP contribution in [0.5, 0.6) is 11.5 Å². The topological polar surface area (TPSA) is 59.6 Å². The molecular formula is C17H24N2O3S. The second kappa shape index (κ2) is 7.93. The summed E-state index contributed by atoms with van der Waals surface area (Å²) in [5.41, 5.74) is 0. The molecule has 6 heteroatoms. The highest BCUT2D eigenvalue weighted by Gasteiger charge is 2.22. The van der Waals surface area contributed by atoms with Gasteiger partial charge in [-0.2, -0.15) is 0 Å². The number of hydrogen-bond donors (Lipinski definition) is 2. The van der Waals surface area contributed by atoms with Crippen LogP contribution < -0.4 is 20.1 Å². The fraction of sp³-hybridized carbons (Fsp3) is 0.588. The number of benzene rings is 1. The van der Waals surface area contributed by atoms with Crippen LogP contribution in [0.3, 0.4) is 0 Å². The van der Waals surface area contributed by atoms with E-state index in [0.29, 0.717) is 25.6 Å². The Bertz CT molecular complexity index is 553. The summed E-state index contributed by atoms with van der Waals surface area (Å²) in [5, 5.41) is 6.48. The van der Waals surface area contributed by atoms with Crippen molar-refractivity contribution in [3.05, 3.63) is 18.2 Å². The summed E-state index contributed by atoms with van der Waals surface area (Å²) < 4.78 is 11.1. The fourth-order valence-electron chi connectivity index (χ4n) is 2.84. The molecule has 0 bridgehead atoms. The molecule has 1 aromatic rings. The highest BCUT2D eigenvalue weighted by molar-refractivity contribution is 7.99. The third-order valence-electron chi connectivity index (χ3n) is 4.29. The molecule has 1 saturated heterocycles. The number of piperidine rings is 1. The predicted octanol–water partition coefficient (Wildman–Crippen LogP) is 2.05. The van der Waals surface area contributed by atoms with Crippen molar-refractivity contribution in [3.63, 3.8) is 0 Å². The molecule has 1 fully saturated rings. The van der Waals surface area contributed by atoms with Crippen LogP contribution in [0.4, 0.5) is 0 Å². The van der Waals surface area contributed by atoms with E-state index in [9.17, 15) is 4.79 Å². The Morgan fingerprint density at radius 2 is 2.17 bits per heavy atom. The van der Waals surface area contributed by atoms with Gasteiger partial charge in [0.05, 0.1) is 0 Å². The molecule has 3 rings (SSSR count). The van der Waals surface area contributed by atoms with Crippen molar-refractivity contribution in [2.24, 2.45) is 5.92 Å². The van der Waals surface area contributed by atoms with Gasteiger partial charge in [-0.15, -0.1) is 11.8 Å². The molecule has 0 aliphatic carbocycles. The van der Waals surface area contributed by atoms with E-state index < -0.39 is 0 Å². The molecule has 2 heterocycles. The largest absolute Gasteiger partial charge is 0.486 e. The van der Waals surface area contributed by atoms with Gasteiger partial charge in [-0.05, 0) is 37.1 Å². The first kappa shape index (κ1) is 16.5. The summed E-state index contributed by atoms with van der Waals surface area (Å²) in [7, 11) is 0. The van der Waals surface area contributed by atoms with Gasteiger partial charge >= 0.3 is 0 Å². The van der Waals surface area contributed by atoms with Crippen LogP contribution in [0.2, 0.25) is 0 Å². The Morgan fingerprint density at radius 1 is 1.35 bits per heavy atom. The van der Waals surface area contributed by atoms with E-state index in [1.165, 1.54) is 0 Å². The first-order valence-electron chi connectivity index (χ1n) is 8.25. The number of fused-ring (bicyclic) bond motifs is 1. The zero-order valence-corrected chi connectivity index (χ0v) is 14.3. The van der Waals surface area contributed by atoms with Gasteiger partial charge in [-0.3, -0.25) is 4.79 Å². The highest BCUT2D eigenvalue weighted by Crippen LogP contribution is 2.34. The number of nitrogens with one attached hydrogen (secondary N) is 2. The fourth-order valence-corrected chi connectivity index (χ4v) is 3.71. The molecule has 2 N–H and O–H groups in total. The number of hydrogen-bond acceptors (Lipinski definition) is 5. The average Bonchev–Trinajstić information content (AvgIpc) is 2.57. The standard InChI is InChI=1S/C17H24N2O3S/c1-12-4-6-18-11-14(12)19-17(20)5-9-23-13-2-3-15-16(10-13)22-8-7-21-15/h2-3,10,12,14,18H,4-9,11H2,1H3,(H,19,20). The summed E-state index contributed by atoms with van der Waals surface area (Å²) in [4.78, 5) is 13.2. The van der Waals surface area contributed by atoms with E-state index in [1.54, 1.807) is 11.8 Å². The zero-order chi connectivity index (χ0) is 16.1. The number of ether oxygens (including phenoxy) is 2. The highest BCUT2D eigenvalue weighted by atomic mass is 32.2. The lowest BCUT2D eigenvalue weighted by atomic mass is 9.95. The Kier molecular flexibility index (Phi) is 5.67. The minimum absolute atomic E-state index is 0.135. The molecule has 1 amide bonds. The van der Waals surface area contributed by atoms with Crippen molar-refractivity contribution in [1.82, 2.24) is 10.6 Å². The maximum atomic E-state index is 12.1. The molecule has 0 spiro atoms. The smallest absolute Gasteiger partial charge is 0.221 e. The van der Waals surface area contributed by atoms with E-state index in [0.717, 1.165) is 41.7 Å². The molecule has 0 aromatic heterocycles. The second-order valence-corrected chi connectivity index (χ2v) is 7.22. The van der Waals surface area contributed by atoms with Gasteiger partial charge in [0.25, 0.3) is 0 Å². The Hall–Kier alpha value is -1.40. The van der Waals surface area contributed by atoms with E-state index in [-0.39, 0.29) is 11.9 Å². The van der Waals surface area contributed by atoms with Crippen LogP contribution in [-0.4, -0.2) is 44.0 Å². The van der Waals surface area contributed by atoms with Crippen LogP contribution >= 0.6 is 11.8 Å². The average molecular weight is 336 g/mol. The molecule has 2 atom stereocenters. The van der Waals surface area contributed by atoms with E-state index >= 15 is 0 Å². The van der Waals surface area contributed by atoms with E-state index in [1.807, 2.05) is 18.2 Å². The van der Waals surface area contributed by atoms with Gasteiger partial charge in [0.15, 0.2) is 11.5 Å². The van der Waals surface area contributed by atoms with Gasteiger partial charge in [-0.1, -0.05) is 6.92 Å². The van der Waals surface area contributed by atoms with E-state index in [2.05, 4.69) is 17.6 Å². The van der Waals surface area contributed by atoms with Crippen molar-refractivity contribution in [1.29, 1.82) is 0 Å². The third kappa shape index (κ3) is 4.54. The first-order valence-corrected chi connectivity index (χ1v) is 9.23. The van der Waals surface area contributed by atoms with Crippen LogP contribution in [-0.2, 0) is 4.79 Å². The summed E-state index contributed by atoms with van der Waals surface area (Å²) in [6.45, 7) is 5.33. The summed E-state index contributed by atoms with van der Waals surface area (Å²) >= 11 is 1.67. The maximum absolute atomic E-state index is 12.1. The molecule has 2 aliphatic heterocycles. The minimum atomic E-state index is 0.135. The molecule has 126 valence electrons. The quantitative estimate of drug-likeness (QED) is 0.806. The van der Waals surface area contributed by atoms with Gasteiger partial charge in [0.1, 0.15) is 13.2 Å². The van der Waals surface area contributed by atoms with Crippen molar-refractivity contribution < 1.29 is 14.3 Å². The van der Waals surface area contributed by atoms with Crippen LogP contribution in [0.15, 0.2) is 23.1 Å². The number of rotatable bonds is 5. The lowest BCUT2D eigenvalue weighted by Crippen LogP contribution is -2.50. The lowest BCUT2D eigenvalue weighted by Gasteiger charge is -2.30. The van der Waals surface area contributed by atoms with Crippen LogP contribution in [0.25, 0.3) is 0 Å². The Labute approximate surface area is 141 Å². The van der Waals surface area contributed by atoms with Crippen LogP contribution in [0, 0.1) is 5.92 Å². The monoisotopic (exact) mass is 336 g/mol.